The van der Waals surface area contributed by atoms with E-state index in [0.717, 1.165) is 22.5 Å². The Balaban J connectivity index is 2.27. The summed E-state index contributed by atoms with van der Waals surface area (Å²) < 4.78 is 10.8. The molecule has 4 unspecified atom stereocenters. The van der Waals surface area contributed by atoms with Gasteiger partial charge in [-0.3, -0.25) is 48.1 Å². The molecule has 8 amide bonds. The molecule has 480 valence electrons. The first kappa shape index (κ1) is 75.8. The van der Waals surface area contributed by atoms with Crippen molar-refractivity contribution in [3.8, 4) is 0 Å². The van der Waals surface area contributed by atoms with Crippen LogP contribution in [0.5, 0.6) is 0 Å². The number of carbonyl (C=O) groups is 9. The van der Waals surface area contributed by atoms with Gasteiger partial charge in [-0.25, -0.2) is 4.98 Å². The highest BCUT2D eigenvalue weighted by atomic mass is 33.1. The molecule has 85 heavy (non-hydrogen) atoms. The van der Waals surface area contributed by atoms with E-state index in [1.165, 1.54) is 31.8 Å². The van der Waals surface area contributed by atoms with Crippen molar-refractivity contribution < 1.29 is 52.6 Å². The number of rotatable bonds is 40. The van der Waals surface area contributed by atoms with Crippen LogP contribution in [0.15, 0.2) is 29.6 Å². The number of aryl methyl sites for hydroxylation is 1. The fourth-order valence-electron chi connectivity index (χ4n) is 8.94. The van der Waals surface area contributed by atoms with Crippen LogP contribution in [0.25, 0.3) is 0 Å². The Morgan fingerprint density at radius 2 is 1.48 bits per heavy atom. The van der Waals surface area contributed by atoms with Crippen LogP contribution in [0.1, 0.15) is 174 Å². The van der Waals surface area contributed by atoms with E-state index < -0.39 is 77.4 Å². The summed E-state index contributed by atoms with van der Waals surface area (Å²) in [6.45, 7) is 25.3. The normalized spacial score (nSPS) is 14.6. The summed E-state index contributed by atoms with van der Waals surface area (Å²) in [7, 11) is 9.73. The van der Waals surface area contributed by atoms with E-state index in [0.29, 0.717) is 63.0 Å². The van der Waals surface area contributed by atoms with Gasteiger partial charge in [0.05, 0.1) is 17.9 Å². The van der Waals surface area contributed by atoms with E-state index in [1.807, 2.05) is 93.8 Å². The molecule has 24 heteroatoms. The van der Waals surface area contributed by atoms with Gasteiger partial charge in [-0.2, -0.15) is 0 Å². The van der Waals surface area contributed by atoms with Gasteiger partial charge in [-0.1, -0.05) is 99.4 Å². The molecule has 8 atom stereocenters. The molecule has 0 saturated heterocycles. The first-order valence-corrected chi connectivity index (χ1v) is 33.0. The number of nitrogens with zero attached hydrogens (tertiary/aromatic N) is 3. The molecule has 0 bridgehead atoms. The molecule has 2 rings (SSSR count). The molecule has 7 N–H and O–H groups in total. The fraction of sp³-hybridized carbons (Fsp3) is 0.705. The van der Waals surface area contributed by atoms with E-state index >= 15 is 0 Å². The molecule has 0 saturated carbocycles. The van der Waals surface area contributed by atoms with E-state index in [4.69, 9.17) is 14.5 Å². The van der Waals surface area contributed by atoms with Crippen molar-refractivity contribution in [2.24, 2.45) is 17.8 Å². The largest absolute Gasteiger partial charge is 0.455 e. The second-order valence-electron chi connectivity index (χ2n) is 23.7. The van der Waals surface area contributed by atoms with E-state index in [-0.39, 0.29) is 84.1 Å². The number of hydrogen-bond donors (Lipinski definition) is 7. The Hall–Kier alpha value is -5.30. The number of esters is 1. The lowest BCUT2D eigenvalue weighted by Crippen LogP contribution is -2.60. The number of ether oxygens (including phenoxy) is 2. The van der Waals surface area contributed by atoms with Gasteiger partial charge in [-0.05, 0) is 118 Å². The molecular weight excluding hydrogens is 1140 g/mol. The zero-order valence-electron chi connectivity index (χ0n) is 53.7. The quantitative estimate of drug-likeness (QED) is 0.0209. The van der Waals surface area contributed by atoms with Gasteiger partial charge < -0.3 is 51.6 Å². The number of methoxy groups -OCH3 is 1. The number of nitrogens with one attached hydrogen (secondary N) is 7. The molecule has 21 nitrogen and oxygen atoms in total. The van der Waals surface area contributed by atoms with Crippen molar-refractivity contribution in [2.45, 2.75) is 201 Å². The minimum Gasteiger partial charge on any atom is -0.455 e. The Morgan fingerprint density at radius 3 is 2.07 bits per heavy atom. The SMILES string of the molecule is CCCN(C(=O)[C@@H](NC(=O)C(C)(C)N(C)C)C(C)CC)[C@H](C[C@@H](OC(C)=O)c1nc(C(=O)N[C@@H](Cc2ccc(C)cc2)CC(C)C(=O)NC(C)C(=O)NC(CCCCNC(=O)CSSC(C)(C)CCC(=O)NC)C(=O)NCCOC)cs1)C(C)C. The van der Waals surface area contributed by atoms with Crippen molar-refractivity contribution in [3.05, 3.63) is 51.5 Å². The van der Waals surface area contributed by atoms with Crippen LogP contribution in [0.4, 0.5) is 0 Å². The monoisotopic (exact) mass is 1250 g/mol. The number of aromatic nitrogens is 1. The molecule has 0 aliphatic heterocycles. The maximum absolute atomic E-state index is 14.8. The number of hydrogen-bond acceptors (Lipinski definition) is 16. The van der Waals surface area contributed by atoms with Crippen LogP contribution in [-0.4, -0.2) is 169 Å². The highest BCUT2D eigenvalue weighted by Gasteiger charge is 2.40. The van der Waals surface area contributed by atoms with Gasteiger partial charge in [0.15, 0.2) is 6.10 Å². The minimum absolute atomic E-state index is 0.0284. The number of carbonyl (C=O) groups excluding carboxylic acids is 9. The first-order valence-electron chi connectivity index (χ1n) is 29.8. The van der Waals surface area contributed by atoms with Crippen LogP contribution in [0.2, 0.25) is 0 Å². The van der Waals surface area contributed by atoms with Crippen LogP contribution in [-0.2, 0) is 54.3 Å². The topological polar surface area (TPSA) is 276 Å². The van der Waals surface area contributed by atoms with Gasteiger partial charge in [0.2, 0.25) is 41.4 Å². The molecule has 0 radical (unpaired) electrons. The molecule has 0 aliphatic carbocycles. The maximum atomic E-state index is 14.8. The van der Waals surface area contributed by atoms with Crippen molar-refractivity contribution in [1.29, 1.82) is 0 Å². The zero-order valence-corrected chi connectivity index (χ0v) is 56.2. The number of amides is 8. The van der Waals surface area contributed by atoms with Crippen LogP contribution in [0.3, 0.4) is 0 Å². The average molecular weight is 1250 g/mol. The highest BCUT2D eigenvalue weighted by molar-refractivity contribution is 8.77. The maximum Gasteiger partial charge on any atom is 0.303 e. The Morgan fingerprint density at radius 1 is 0.812 bits per heavy atom. The Bertz CT molecular complexity index is 2460. The van der Waals surface area contributed by atoms with Gasteiger partial charge in [-0.15, -0.1) is 11.3 Å². The van der Waals surface area contributed by atoms with Crippen molar-refractivity contribution in [3.63, 3.8) is 0 Å². The van der Waals surface area contributed by atoms with Crippen LogP contribution < -0.4 is 37.2 Å². The Labute approximate surface area is 518 Å². The minimum atomic E-state index is -1.04. The molecule has 1 heterocycles. The molecule has 0 fully saturated rings. The van der Waals surface area contributed by atoms with Gasteiger partial charge >= 0.3 is 5.97 Å². The second kappa shape index (κ2) is 38.1. The van der Waals surface area contributed by atoms with E-state index in [9.17, 15) is 43.2 Å². The average Bonchev–Trinajstić information content (AvgIpc) is 3.49. The highest BCUT2D eigenvalue weighted by Crippen LogP contribution is 2.39. The van der Waals surface area contributed by atoms with E-state index in [1.54, 1.807) is 53.8 Å². The number of likely N-dealkylation sites (N-methyl/N-ethyl adjacent to an activating group) is 1. The number of unbranched alkanes of at least 4 members (excludes halogenated alkanes) is 1. The lowest BCUT2D eigenvalue weighted by atomic mass is 9.91. The third-order valence-corrected chi connectivity index (χ3v) is 19.3. The summed E-state index contributed by atoms with van der Waals surface area (Å²) in [4.78, 5) is 129. The molecular formula is C61H102N10O11S3. The lowest BCUT2D eigenvalue weighted by Gasteiger charge is -2.40. The van der Waals surface area contributed by atoms with Gasteiger partial charge in [0, 0.05) is 81.7 Å². The predicted octanol–water partition coefficient (Wildman–Crippen LogP) is 6.67. The van der Waals surface area contributed by atoms with E-state index in [2.05, 4.69) is 37.2 Å². The second-order valence-corrected chi connectivity index (χ2v) is 27.6. The standard InChI is InChI=1S/C61H102N10O11S3/c1-18-31-71(58(79)52(40(6)19-2)69-59(80)61(12,13)70(15)16)48(38(3)4)35-49(82-43(9)72)57-68-47(36-83-57)56(78)66-45(34-44-25-23-39(5)24-26-44)33-41(7)53(75)65-42(8)54(76)67-46(55(77)64-30-32-81-17)22-20-21-29-63-51(74)37-84-85-60(10,11)28-27-50(73)62-14/h23-26,36,38,40-42,45-46,48-49,52H,18-22,27-35,37H2,1-17H3,(H,62,73)(H,63,74)(H,64,77)(H,65,75)(H,66,78)(H,67,76)(H,69,80)/t40?,41?,42?,45-,46?,48-,49-,52+/m1/s1. The number of benzene rings is 1. The third-order valence-electron chi connectivity index (χ3n) is 15.1. The third kappa shape index (κ3) is 27.1. The molecule has 0 aliphatic rings. The fourth-order valence-corrected chi connectivity index (χ4v) is 12.3. The predicted molar refractivity (Wildman–Crippen MR) is 340 cm³/mol. The van der Waals surface area contributed by atoms with Gasteiger partial charge in [0.25, 0.3) is 5.91 Å². The summed E-state index contributed by atoms with van der Waals surface area (Å²) in [5, 5.41) is 22.0. The molecule has 1 aromatic carbocycles. The number of thiazole rings is 1. The summed E-state index contributed by atoms with van der Waals surface area (Å²) in [6.07, 6.45) is 3.42. The van der Waals surface area contributed by atoms with Crippen molar-refractivity contribution in [2.75, 3.05) is 60.2 Å². The van der Waals surface area contributed by atoms with Crippen molar-refractivity contribution in [1.82, 2.24) is 52.0 Å². The summed E-state index contributed by atoms with van der Waals surface area (Å²) in [5.41, 5.74) is 1.15. The lowest BCUT2D eigenvalue weighted by molar-refractivity contribution is -0.150. The first-order chi connectivity index (χ1) is 39.9. The zero-order chi connectivity index (χ0) is 64.2. The molecule has 0 spiro atoms. The van der Waals surface area contributed by atoms with Crippen LogP contribution >= 0.6 is 32.9 Å². The summed E-state index contributed by atoms with van der Waals surface area (Å²) in [6, 6.07) is 4.00. The van der Waals surface area contributed by atoms with Crippen molar-refractivity contribution >= 4 is 86.2 Å². The smallest absolute Gasteiger partial charge is 0.303 e. The molecule has 1 aromatic heterocycles. The summed E-state index contributed by atoms with van der Waals surface area (Å²) >= 11 is 1.16. The van der Waals surface area contributed by atoms with Crippen LogP contribution in [0, 0.1) is 24.7 Å². The summed E-state index contributed by atoms with van der Waals surface area (Å²) in [5.74, 6) is -3.96. The Kier molecular flexibility index (Phi) is 34.0. The molecule has 2 aromatic rings. The van der Waals surface area contributed by atoms with Gasteiger partial charge in [0.1, 0.15) is 28.8 Å².